The highest BCUT2D eigenvalue weighted by Crippen LogP contribution is 2.22. The van der Waals surface area contributed by atoms with Crippen LogP contribution in [0.25, 0.3) is 0 Å². The van der Waals surface area contributed by atoms with Gasteiger partial charge in [-0.1, -0.05) is 23.7 Å². The summed E-state index contributed by atoms with van der Waals surface area (Å²) < 4.78 is 0. The van der Waals surface area contributed by atoms with E-state index in [9.17, 15) is 9.90 Å². The van der Waals surface area contributed by atoms with Gasteiger partial charge >= 0.3 is 0 Å². The van der Waals surface area contributed by atoms with Crippen molar-refractivity contribution in [3.63, 3.8) is 0 Å². The van der Waals surface area contributed by atoms with Crippen LogP contribution in [0.1, 0.15) is 37.3 Å². The number of piperidine rings is 1. The molecule has 1 aliphatic rings. The van der Waals surface area contributed by atoms with E-state index >= 15 is 0 Å². The fraction of sp³-hybridized carbons (Fsp3) is 0.562. The molecule has 1 aliphatic heterocycles. The predicted octanol–water partition coefficient (Wildman–Crippen LogP) is 2.95. The van der Waals surface area contributed by atoms with Crippen LogP contribution in [-0.2, 0) is 11.2 Å². The highest BCUT2D eigenvalue weighted by Gasteiger charge is 2.29. The van der Waals surface area contributed by atoms with Crippen LogP contribution in [0.4, 0.5) is 0 Å². The zero-order valence-corrected chi connectivity index (χ0v) is 12.9. The van der Waals surface area contributed by atoms with Gasteiger partial charge < -0.3 is 10.0 Å². The molecule has 2 rings (SSSR count). The molecule has 1 heterocycles. The first-order valence-electron chi connectivity index (χ1n) is 7.13. The van der Waals surface area contributed by atoms with E-state index < -0.39 is 5.60 Å². The second kappa shape index (κ2) is 6.15. The van der Waals surface area contributed by atoms with E-state index in [0.717, 1.165) is 16.1 Å². The molecule has 0 bridgehead atoms. The van der Waals surface area contributed by atoms with Gasteiger partial charge in [-0.25, -0.2) is 0 Å². The molecule has 0 unspecified atom stereocenters. The predicted molar refractivity (Wildman–Crippen MR) is 80.9 cm³/mol. The van der Waals surface area contributed by atoms with Gasteiger partial charge in [0.05, 0.1) is 5.60 Å². The molecule has 110 valence electrons. The van der Waals surface area contributed by atoms with Gasteiger partial charge in [0.1, 0.15) is 0 Å². The lowest BCUT2D eigenvalue weighted by Crippen LogP contribution is -2.45. The number of hydrogen-bond acceptors (Lipinski definition) is 2. The standard InChI is InChI=1S/C16H22ClNO2/c1-12-3-4-13(11-14(12)17)5-6-15(19)18-9-7-16(2,20)8-10-18/h3-4,11,20H,5-10H2,1-2H3. The first-order valence-corrected chi connectivity index (χ1v) is 7.50. The Morgan fingerprint density at radius 3 is 2.65 bits per heavy atom. The van der Waals surface area contributed by atoms with Crippen molar-refractivity contribution in [1.82, 2.24) is 4.90 Å². The fourth-order valence-electron chi connectivity index (χ4n) is 2.44. The van der Waals surface area contributed by atoms with Crippen LogP contribution < -0.4 is 0 Å². The molecule has 0 aromatic heterocycles. The molecule has 1 saturated heterocycles. The number of hydrogen-bond donors (Lipinski definition) is 1. The highest BCUT2D eigenvalue weighted by atomic mass is 35.5. The van der Waals surface area contributed by atoms with Gasteiger partial charge in [-0.15, -0.1) is 0 Å². The maximum absolute atomic E-state index is 12.1. The number of likely N-dealkylation sites (tertiary alicyclic amines) is 1. The molecular formula is C16H22ClNO2. The summed E-state index contributed by atoms with van der Waals surface area (Å²) in [5.41, 5.74) is 1.54. The van der Waals surface area contributed by atoms with Gasteiger partial charge in [0.2, 0.25) is 5.91 Å². The van der Waals surface area contributed by atoms with Crippen molar-refractivity contribution in [3.05, 3.63) is 34.3 Å². The van der Waals surface area contributed by atoms with Crippen molar-refractivity contribution < 1.29 is 9.90 Å². The average molecular weight is 296 g/mol. The quantitative estimate of drug-likeness (QED) is 0.931. The third-order valence-electron chi connectivity index (χ3n) is 4.06. The molecule has 0 radical (unpaired) electrons. The summed E-state index contributed by atoms with van der Waals surface area (Å²) in [6, 6.07) is 5.95. The second-order valence-electron chi connectivity index (χ2n) is 5.96. The Kier molecular flexibility index (Phi) is 4.71. The molecule has 1 N–H and O–H groups in total. The summed E-state index contributed by atoms with van der Waals surface area (Å²) in [4.78, 5) is 14.0. The molecule has 0 spiro atoms. The maximum atomic E-state index is 12.1. The fourth-order valence-corrected chi connectivity index (χ4v) is 2.64. The number of nitrogens with zero attached hydrogens (tertiary/aromatic N) is 1. The third-order valence-corrected chi connectivity index (χ3v) is 4.46. The van der Waals surface area contributed by atoms with E-state index in [0.29, 0.717) is 38.8 Å². The molecule has 20 heavy (non-hydrogen) atoms. The van der Waals surface area contributed by atoms with E-state index in [1.54, 1.807) is 0 Å². The van der Waals surface area contributed by atoms with Crippen molar-refractivity contribution in [2.45, 2.75) is 45.1 Å². The summed E-state index contributed by atoms with van der Waals surface area (Å²) in [7, 11) is 0. The number of aliphatic hydroxyl groups is 1. The van der Waals surface area contributed by atoms with E-state index in [2.05, 4.69) is 0 Å². The molecule has 0 atom stereocenters. The van der Waals surface area contributed by atoms with Gasteiger partial charge in [0.25, 0.3) is 0 Å². The van der Waals surface area contributed by atoms with Crippen molar-refractivity contribution in [3.8, 4) is 0 Å². The number of aryl methyl sites for hydroxylation is 2. The summed E-state index contributed by atoms with van der Waals surface area (Å²) in [6.45, 7) is 5.11. The smallest absolute Gasteiger partial charge is 0.222 e. The number of carbonyl (C=O) groups is 1. The molecular weight excluding hydrogens is 274 g/mol. The minimum Gasteiger partial charge on any atom is -0.390 e. The SMILES string of the molecule is Cc1ccc(CCC(=O)N2CCC(C)(O)CC2)cc1Cl. The Morgan fingerprint density at radius 2 is 2.05 bits per heavy atom. The van der Waals surface area contributed by atoms with E-state index in [1.807, 2.05) is 36.9 Å². The van der Waals surface area contributed by atoms with Crippen LogP contribution in [-0.4, -0.2) is 34.6 Å². The summed E-state index contributed by atoms with van der Waals surface area (Å²) in [6.07, 6.45) is 2.54. The van der Waals surface area contributed by atoms with Gasteiger partial charge in [0, 0.05) is 24.5 Å². The molecule has 3 nitrogen and oxygen atoms in total. The lowest BCUT2D eigenvalue weighted by molar-refractivity contribution is -0.134. The van der Waals surface area contributed by atoms with Crippen LogP contribution in [0.5, 0.6) is 0 Å². The Hall–Kier alpha value is -1.06. The van der Waals surface area contributed by atoms with E-state index in [4.69, 9.17) is 11.6 Å². The summed E-state index contributed by atoms with van der Waals surface area (Å²) >= 11 is 6.09. The maximum Gasteiger partial charge on any atom is 0.222 e. The molecule has 4 heteroatoms. The summed E-state index contributed by atoms with van der Waals surface area (Å²) in [5.74, 6) is 0.164. The zero-order valence-electron chi connectivity index (χ0n) is 12.2. The number of rotatable bonds is 3. The van der Waals surface area contributed by atoms with E-state index in [-0.39, 0.29) is 5.91 Å². The highest BCUT2D eigenvalue weighted by molar-refractivity contribution is 6.31. The average Bonchev–Trinajstić information content (AvgIpc) is 2.40. The minimum atomic E-state index is -0.610. The Bertz CT molecular complexity index is 489. The number of benzene rings is 1. The molecule has 1 fully saturated rings. The monoisotopic (exact) mass is 295 g/mol. The van der Waals surface area contributed by atoms with Gasteiger partial charge in [-0.05, 0) is 50.3 Å². The van der Waals surface area contributed by atoms with Crippen molar-refractivity contribution in [2.24, 2.45) is 0 Å². The Labute approximate surface area is 125 Å². The van der Waals surface area contributed by atoms with Crippen LogP contribution in [0.15, 0.2) is 18.2 Å². The third kappa shape index (κ3) is 3.97. The van der Waals surface area contributed by atoms with E-state index in [1.165, 1.54) is 0 Å². The van der Waals surface area contributed by atoms with Crippen LogP contribution >= 0.6 is 11.6 Å². The van der Waals surface area contributed by atoms with Crippen LogP contribution in [0.3, 0.4) is 0 Å². The Morgan fingerprint density at radius 1 is 1.40 bits per heavy atom. The topological polar surface area (TPSA) is 40.5 Å². The zero-order chi connectivity index (χ0) is 14.8. The van der Waals surface area contributed by atoms with Gasteiger partial charge in [-0.3, -0.25) is 4.79 Å². The molecule has 0 aliphatic carbocycles. The van der Waals surface area contributed by atoms with Crippen molar-refractivity contribution >= 4 is 17.5 Å². The van der Waals surface area contributed by atoms with Gasteiger partial charge in [0.15, 0.2) is 0 Å². The second-order valence-corrected chi connectivity index (χ2v) is 6.37. The first-order chi connectivity index (χ1) is 9.37. The number of halogens is 1. The largest absolute Gasteiger partial charge is 0.390 e. The number of carbonyl (C=O) groups excluding carboxylic acids is 1. The van der Waals surface area contributed by atoms with Crippen molar-refractivity contribution in [1.29, 1.82) is 0 Å². The van der Waals surface area contributed by atoms with Crippen molar-refractivity contribution in [2.75, 3.05) is 13.1 Å². The van der Waals surface area contributed by atoms with Gasteiger partial charge in [-0.2, -0.15) is 0 Å². The Balaban J connectivity index is 1.85. The molecule has 0 saturated carbocycles. The lowest BCUT2D eigenvalue weighted by atomic mass is 9.93. The minimum absolute atomic E-state index is 0.164. The lowest BCUT2D eigenvalue weighted by Gasteiger charge is -2.35. The normalized spacial score (nSPS) is 18.1. The molecule has 1 aromatic rings. The molecule has 1 aromatic carbocycles. The first kappa shape index (κ1) is 15.3. The number of amides is 1. The van der Waals surface area contributed by atoms with Crippen LogP contribution in [0.2, 0.25) is 5.02 Å². The summed E-state index contributed by atoms with van der Waals surface area (Å²) in [5, 5.41) is 10.6. The molecule has 1 amide bonds. The van der Waals surface area contributed by atoms with Crippen LogP contribution in [0, 0.1) is 6.92 Å².